The molecule has 1 N–H and O–H groups in total. The summed E-state index contributed by atoms with van der Waals surface area (Å²) < 4.78 is 16.8. The van der Waals surface area contributed by atoms with Crippen molar-refractivity contribution in [3.63, 3.8) is 0 Å². The summed E-state index contributed by atoms with van der Waals surface area (Å²) in [6.45, 7) is 4.12. The highest BCUT2D eigenvalue weighted by Crippen LogP contribution is 2.32. The van der Waals surface area contributed by atoms with Crippen molar-refractivity contribution in [1.82, 2.24) is 5.32 Å². The Morgan fingerprint density at radius 1 is 1.30 bits per heavy atom. The average molecular weight is 277 g/mol. The van der Waals surface area contributed by atoms with Gasteiger partial charge in [0.1, 0.15) is 0 Å². The summed E-state index contributed by atoms with van der Waals surface area (Å²) in [5.41, 5.74) is 1.14. The predicted octanol–water partition coefficient (Wildman–Crippen LogP) is 2.85. The maximum Gasteiger partial charge on any atom is 0.231 e. The molecule has 1 aromatic carbocycles. The lowest BCUT2D eigenvalue weighted by molar-refractivity contribution is 0.0345. The lowest BCUT2D eigenvalue weighted by Crippen LogP contribution is -2.30. The van der Waals surface area contributed by atoms with Crippen molar-refractivity contribution < 1.29 is 14.2 Å². The summed E-state index contributed by atoms with van der Waals surface area (Å²) in [5.74, 6) is 1.66. The molecule has 1 aliphatic carbocycles. The van der Waals surface area contributed by atoms with E-state index in [0.29, 0.717) is 19.5 Å². The molecular formula is C16H23NO3. The molecule has 1 atom stereocenters. The molecule has 4 heteroatoms. The standard InChI is InChI=1S/C16H23NO3/c1-2-3-14(9-17-13-5-6-13)18-10-12-4-7-15-16(8-12)20-11-19-15/h4,7-8,13-14,17H,2-3,5-6,9-11H2,1H3. The fourth-order valence-electron chi connectivity index (χ4n) is 2.40. The molecule has 0 amide bonds. The number of benzene rings is 1. The smallest absolute Gasteiger partial charge is 0.231 e. The minimum Gasteiger partial charge on any atom is -0.454 e. The number of nitrogens with one attached hydrogen (secondary N) is 1. The quantitative estimate of drug-likeness (QED) is 0.793. The Kier molecular flexibility index (Phi) is 4.43. The lowest BCUT2D eigenvalue weighted by Gasteiger charge is -2.18. The Labute approximate surface area is 120 Å². The second-order valence-electron chi connectivity index (χ2n) is 5.59. The van der Waals surface area contributed by atoms with Gasteiger partial charge in [-0.1, -0.05) is 19.4 Å². The van der Waals surface area contributed by atoms with Crippen LogP contribution in [-0.4, -0.2) is 25.5 Å². The summed E-state index contributed by atoms with van der Waals surface area (Å²) in [4.78, 5) is 0. The van der Waals surface area contributed by atoms with Crippen molar-refractivity contribution in [3.8, 4) is 11.5 Å². The fourth-order valence-corrected chi connectivity index (χ4v) is 2.40. The molecular weight excluding hydrogens is 254 g/mol. The summed E-state index contributed by atoms with van der Waals surface area (Å²) in [7, 11) is 0. The topological polar surface area (TPSA) is 39.7 Å². The second kappa shape index (κ2) is 6.46. The van der Waals surface area contributed by atoms with Gasteiger partial charge in [-0.3, -0.25) is 0 Å². The van der Waals surface area contributed by atoms with Gasteiger partial charge in [0.15, 0.2) is 11.5 Å². The number of hydrogen-bond donors (Lipinski definition) is 1. The molecule has 0 bridgehead atoms. The van der Waals surface area contributed by atoms with Gasteiger partial charge < -0.3 is 19.5 Å². The van der Waals surface area contributed by atoms with E-state index in [2.05, 4.69) is 12.2 Å². The third-order valence-electron chi connectivity index (χ3n) is 3.74. The van der Waals surface area contributed by atoms with Crippen LogP contribution in [0.25, 0.3) is 0 Å². The largest absolute Gasteiger partial charge is 0.454 e. The molecule has 4 nitrogen and oxygen atoms in total. The van der Waals surface area contributed by atoms with Gasteiger partial charge in [-0.05, 0) is 37.0 Å². The van der Waals surface area contributed by atoms with E-state index in [-0.39, 0.29) is 0 Å². The van der Waals surface area contributed by atoms with E-state index in [9.17, 15) is 0 Å². The summed E-state index contributed by atoms with van der Waals surface area (Å²) in [6, 6.07) is 6.76. The van der Waals surface area contributed by atoms with Crippen molar-refractivity contribution in [1.29, 1.82) is 0 Å². The van der Waals surface area contributed by atoms with Crippen LogP contribution in [0.15, 0.2) is 18.2 Å². The summed E-state index contributed by atoms with van der Waals surface area (Å²) >= 11 is 0. The van der Waals surface area contributed by atoms with Crippen molar-refractivity contribution in [2.45, 2.75) is 51.4 Å². The normalized spacial score (nSPS) is 18.2. The van der Waals surface area contributed by atoms with Gasteiger partial charge in [0.05, 0.1) is 12.7 Å². The maximum atomic E-state index is 6.05. The Bertz CT molecular complexity index is 445. The zero-order valence-corrected chi connectivity index (χ0v) is 12.1. The van der Waals surface area contributed by atoms with E-state index in [1.54, 1.807) is 0 Å². The third-order valence-corrected chi connectivity index (χ3v) is 3.74. The monoisotopic (exact) mass is 277 g/mol. The van der Waals surface area contributed by atoms with Gasteiger partial charge in [-0.2, -0.15) is 0 Å². The first-order valence-electron chi connectivity index (χ1n) is 7.58. The fraction of sp³-hybridized carbons (Fsp3) is 0.625. The van der Waals surface area contributed by atoms with Crippen LogP contribution < -0.4 is 14.8 Å². The van der Waals surface area contributed by atoms with E-state index in [1.165, 1.54) is 12.8 Å². The second-order valence-corrected chi connectivity index (χ2v) is 5.59. The van der Waals surface area contributed by atoms with Crippen molar-refractivity contribution in [2.75, 3.05) is 13.3 Å². The minimum atomic E-state index is 0.297. The predicted molar refractivity (Wildman–Crippen MR) is 77.1 cm³/mol. The summed E-state index contributed by atoms with van der Waals surface area (Å²) in [6.07, 6.45) is 5.19. The Hall–Kier alpha value is -1.26. The highest BCUT2D eigenvalue weighted by Gasteiger charge is 2.22. The van der Waals surface area contributed by atoms with Gasteiger partial charge >= 0.3 is 0 Å². The lowest BCUT2D eigenvalue weighted by atomic mass is 10.2. The van der Waals surface area contributed by atoms with Gasteiger partial charge in [-0.15, -0.1) is 0 Å². The van der Waals surface area contributed by atoms with Crippen LogP contribution in [0.1, 0.15) is 38.2 Å². The number of ether oxygens (including phenoxy) is 3. The molecule has 1 aromatic rings. The Morgan fingerprint density at radius 3 is 2.95 bits per heavy atom. The van der Waals surface area contributed by atoms with Crippen molar-refractivity contribution in [2.24, 2.45) is 0 Å². The Balaban J connectivity index is 1.50. The van der Waals surface area contributed by atoms with E-state index < -0.39 is 0 Å². The SMILES string of the molecule is CCCC(CNC1CC1)OCc1ccc2c(c1)OCO2. The van der Waals surface area contributed by atoms with Crippen LogP contribution in [0, 0.1) is 0 Å². The molecule has 0 aromatic heterocycles. The summed E-state index contributed by atoms with van der Waals surface area (Å²) in [5, 5.41) is 3.55. The Morgan fingerprint density at radius 2 is 2.15 bits per heavy atom. The van der Waals surface area contributed by atoms with Crippen molar-refractivity contribution >= 4 is 0 Å². The van der Waals surface area contributed by atoms with Crippen LogP contribution in [0.4, 0.5) is 0 Å². The molecule has 1 saturated carbocycles. The molecule has 0 saturated heterocycles. The number of fused-ring (bicyclic) bond motifs is 1. The number of hydrogen-bond acceptors (Lipinski definition) is 4. The van der Waals surface area contributed by atoms with Crippen molar-refractivity contribution in [3.05, 3.63) is 23.8 Å². The van der Waals surface area contributed by atoms with Crippen LogP contribution in [0.5, 0.6) is 11.5 Å². The molecule has 20 heavy (non-hydrogen) atoms. The van der Waals surface area contributed by atoms with Crippen LogP contribution >= 0.6 is 0 Å². The molecule has 1 aliphatic heterocycles. The minimum absolute atomic E-state index is 0.297. The van der Waals surface area contributed by atoms with Gasteiger partial charge in [0, 0.05) is 12.6 Å². The van der Waals surface area contributed by atoms with E-state index >= 15 is 0 Å². The van der Waals surface area contributed by atoms with E-state index in [1.807, 2.05) is 18.2 Å². The first-order chi connectivity index (χ1) is 9.85. The zero-order chi connectivity index (χ0) is 13.8. The molecule has 0 spiro atoms. The third kappa shape index (κ3) is 3.64. The van der Waals surface area contributed by atoms with E-state index in [0.717, 1.165) is 42.5 Å². The van der Waals surface area contributed by atoms with Gasteiger partial charge in [-0.25, -0.2) is 0 Å². The van der Waals surface area contributed by atoms with Gasteiger partial charge in [0.2, 0.25) is 6.79 Å². The molecule has 0 radical (unpaired) electrons. The maximum absolute atomic E-state index is 6.05. The molecule has 1 unspecified atom stereocenters. The first kappa shape index (κ1) is 13.7. The van der Waals surface area contributed by atoms with E-state index in [4.69, 9.17) is 14.2 Å². The molecule has 2 aliphatic rings. The molecule has 1 fully saturated rings. The molecule has 110 valence electrons. The van der Waals surface area contributed by atoms with Crippen LogP contribution in [0.3, 0.4) is 0 Å². The van der Waals surface area contributed by atoms with Gasteiger partial charge in [0.25, 0.3) is 0 Å². The van der Waals surface area contributed by atoms with Crippen LogP contribution in [-0.2, 0) is 11.3 Å². The first-order valence-corrected chi connectivity index (χ1v) is 7.58. The molecule has 1 heterocycles. The zero-order valence-electron chi connectivity index (χ0n) is 12.1. The average Bonchev–Trinajstić information content (AvgIpc) is 3.17. The number of rotatable bonds is 8. The highest BCUT2D eigenvalue weighted by molar-refractivity contribution is 5.44. The van der Waals surface area contributed by atoms with Crippen LogP contribution in [0.2, 0.25) is 0 Å². The highest BCUT2D eigenvalue weighted by atomic mass is 16.7. The molecule has 3 rings (SSSR count).